The third-order valence-electron chi connectivity index (χ3n) is 4.47. The van der Waals surface area contributed by atoms with Gasteiger partial charge < -0.3 is 4.74 Å². The van der Waals surface area contributed by atoms with Gasteiger partial charge in [0.25, 0.3) is 15.9 Å². The van der Waals surface area contributed by atoms with Crippen molar-refractivity contribution >= 4 is 21.6 Å². The fourth-order valence-corrected chi connectivity index (χ4v) is 4.23. The number of hydrogen-bond donors (Lipinski definition) is 0. The molecule has 0 radical (unpaired) electrons. The lowest BCUT2D eigenvalue weighted by Crippen LogP contribution is -2.40. The molecule has 0 atom stereocenters. The molecule has 3 rings (SSSR count). The average molecular weight is 410 g/mol. The molecule has 0 N–H and O–H groups in total. The maximum absolute atomic E-state index is 13.3. The van der Waals surface area contributed by atoms with Gasteiger partial charge in [-0.1, -0.05) is 55.0 Å². The number of benzene rings is 3. The van der Waals surface area contributed by atoms with E-state index in [2.05, 4.69) is 0 Å². The smallest absolute Gasteiger partial charge is 0.278 e. The largest absolute Gasteiger partial charge is 0.484 e. The number of carbonyl (C=O) groups excluding carboxylic acids is 1. The Morgan fingerprint density at radius 2 is 1.52 bits per heavy atom. The number of para-hydroxylation sites is 1. The summed E-state index contributed by atoms with van der Waals surface area (Å²) in [5, 5.41) is 0. The van der Waals surface area contributed by atoms with Crippen molar-refractivity contribution in [2.24, 2.45) is 0 Å². The molecule has 1 amide bonds. The highest BCUT2D eigenvalue weighted by Gasteiger charge is 2.31. The summed E-state index contributed by atoms with van der Waals surface area (Å²) in [5.41, 5.74) is 2.26. The highest BCUT2D eigenvalue weighted by molar-refractivity contribution is 7.93. The van der Waals surface area contributed by atoms with Crippen LogP contribution in [0.5, 0.6) is 5.75 Å². The lowest BCUT2D eigenvalue weighted by molar-refractivity contribution is -0.119. The lowest BCUT2D eigenvalue weighted by Gasteiger charge is -2.23. The van der Waals surface area contributed by atoms with E-state index in [9.17, 15) is 13.2 Å². The molecular weight excluding hydrogens is 386 g/mol. The van der Waals surface area contributed by atoms with Gasteiger partial charge in [-0.2, -0.15) is 4.31 Å². The SMILES string of the molecule is CCc1ccc(N(C(=O)COc2ccccc2)S(=O)(=O)c2ccc(C)cc2)cc1. The Morgan fingerprint density at radius 3 is 2.10 bits per heavy atom. The molecule has 150 valence electrons. The van der Waals surface area contributed by atoms with Gasteiger partial charge in [-0.25, -0.2) is 8.42 Å². The zero-order valence-corrected chi connectivity index (χ0v) is 17.2. The first kappa shape index (κ1) is 20.6. The summed E-state index contributed by atoms with van der Waals surface area (Å²) in [4.78, 5) is 13.0. The summed E-state index contributed by atoms with van der Waals surface area (Å²) in [6.45, 7) is 3.48. The van der Waals surface area contributed by atoms with Crippen LogP contribution < -0.4 is 9.04 Å². The van der Waals surface area contributed by atoms with Crippen molar-refractivity contribution < 1.29 is 17.9 Å². The van der Waals surface area contributed by atoms with Crippen molar-refractivity contribution in [2.75, 3.05) is 10.9 Å². The molecule has 0 aliphatic carbocycles. The van der Waals surface area contributed by atoms with Crippen LogP contribution in [0.25, 0.3) is 0 Å². The van der Waals surface area contributed by atoms with Crippen LogP contribution in [-0.2, 0) is 21.2 Å². The summed E-state index contributed by atoms with van der Waals surface area (Å²) < 4.78 is 32.9. The van der Waals surface area contributed by atoms with E-state index >= 15 is 0 Å². The van der Waals surface area contributed by atoms with Gasteiger partial charge in [0.05, 0.1) is 10.6 Å². The standard InChI is InChI=1S/C23H23NO4S/c1-3-19-11-13-20(14-12-19)24(23(25)17-28-21-7-5-4-6-8-21)29(26,27)22-15-9-18(2)10-16-22/h4-16H,3,17H2,1-2H3. The summed E-state index contributed by atoms with van der Waals surface area (Å²) in [7, 11) is -4.09. The topological polar surface area (TPSA) is 63.7 Å². The van der Waals surface area contributed by atoms with Gasteiger partial charge in [-0.05, 0) is 55.3 Å². The van der Waals surface area contributed by atoms with E-state index < -0.39 is 22.5 Å². The molecule has 3 aromatic carbocycles. The Labute approximate surface area is 171 Å². The second-order valence-electron chi connectivity index (χ2n) is 6.60. The van der Waals surface area contributed by atoms with Gasteiger partial charge in [0, 0.05) is 0 Å². The average Bonchev–Trinajstić information content (AvgIpc) is 2.74. The molecule has 6 heteroatoms. The van der Waals surface area contributed by atoms with E-state index in [-0.39, 0.29) is 10.6 Å². The van der Waals surface area contributed by atoms with E-state index in [0.717, 1.165) is 21.9 Å². The maximum Gasteiger partial charge on any atom is 0.278 e. The predicted molar refractivity (Wildman–Crippen MR) is 114 cm³/mol. The third kappa shape index (κ3) is 4.84. The number of carbonyl (C=O) groups is 1. The molecule has 29 heavy (non-hydrogen) atoms. The van der Waals surface area contributed by atoms with Crippen LogP contribution in [0.2, 0.25) is 0 Å². The van der Waals surface area contributed by atoms with Crippen molar-refractivity contribution in [3.05, 3.63) is 90.0 Å². The summed E-state index contributed by atoms with van der Waals surface area (Å²) in [6.07, 6.45) is 0.816. The van der Waals surface area contributed by atoms with Crippen LogP contribution in [0.1, 0.15) is 18.1 Å². The second-order valence-corrected chi connectivity index (χ2v) is 8.38. The minimum absolute atomic E-state index is 0.0516. The second kappa shape index (κ2) is 8.92. The van der Waals surface area contributed by atoms with Crippen molar-refractivity contribution in [3.8, 4) is 5.75 Å². The molecule has 0 spiro atoms. The zero-order valence-electron chi connectivity index (χ0n) is 16.4. The molecule has 0 aliphatic rings. The minimum Gasteiger partial charge on any atom is -0.484 e. The third-order valence-corrected chi connectivity index (χ3v) is 6.23. The summed E-state index contributed by atoms with van der Waals surface area (Å²) in [5.74, 6) is -0.173. The van der Waals surface area contributed by atoms with Crippen LogP contribution >= 0.6 is 0 Å². The Morgan fingerprint density at radius 1 is 0.897 bits per heavy atom. The Hall–Kier alpha value is -3.12. The van der Waals surface area contributed by atoms with Gasteiger partial charge in [0.15, 0.2) is 6.61 Å². The van der Waals surface area contributed by atoms with Gasteiger partial charge in [-0.15, -0.1) is 0 Å². The summed E-state index contributed by atoms with van der Waals surface area (Å²) >= 11 is 0. The molecule has 0 saturated carbocycles. The van der Waals surface area contributed by atoms with Gasteiger partial charge in [0.2, 0.25) is 0 Å². The molecule has 0 saturated heterocycles. The maximum atomic E-state index is 13.3. The van der Waals surface area contributed by atoms with Gasteiger partial charge in [0.1, 0.15) is 5.75 Å². The molecule has 0 heterocycles. The zero-order chi connectivity index (χ0) is 20.9. The molecule has 0 bridgehead atoms. The van der Waals surface area contributed by atoms with E-state index in [0.29, 0.717) is 5.75 Å². The number of anilines is 1. The van der Waals surface area contributed by atoms with Crippen molar-refractivity contribution in [3.63, 3.8) is 0 Å². The summed E-state index contributed by atoms with van der Waals surface area (Å²) in [6, 6.07) is 22.2. The molecule has 0 unspecified atom stereocenters. The first-order chi connectivity index (χ1) is 13.9. The lowest BCUT2D eigenvalue weighted by atomic mass is 10.1. The number of rotatable bonds is 7. The normalized spacial score (nSPS) is 11.1. The van der Waals surface area contributed by atoms with E-state index in [4.69, 9.17) is 4.74 Å². The predicted octanol–water partition coefficient (Wildman–Crippen LogP) is 4.36. The quantitative estimate of drug-likeness (QED) is 0.582. The van der Waals surface area contributed by atoms with E-state index in [1.165, 1.54) is 12.1 Å². The monoisotopic (exact) mass is 409 g/mol. The molecule has 0 aromatic heterocycles. The number of sulfonamides is 1. The molecule has 0 fully saturated rings. The fraction of sp³-hybridized carbons (Fsp3) is 0.174. The van der Waals surface area contributed by atoms with Crippen LogP contribution in [0, 0.1) is 6.92 Å². The number of aryl methyl sites for hydroxylation is 2. The first-order valence-electron chi connectivity index (χ1n) is 9.33. The molecular formula is C23H23NO4S. The van der Waals surface area contributed by atoms with Crippen molar-refractivity contribution in [1.82, 2.24) is 0 Å². The minimum atomic E-state index is -4.09. The van der Waals surface area contributed by atoms with Crippen molar-refractivity contribution in [2.45, 2.75) is 25.2 Å². The Bertz CT molecular complexity index is 1060. The number of hydrogen-bond acceptors (Lipinski definition) is 4. The van der Waals surface area contributed by atoms with Crippen molar-refractivity contribution in [1.29, 1.82) is 0 Å². The number of ether oxygens (including phenoxy) is 1. The van der Waals surface area contributed by atoms with Gasteiger partial charge in [-0.3, -0.25) is 4.79 Å². The van der Waals surface area contributed by atoms with Gasteiger partial charge >= 0.3 is 0 Å². The Kier molecular flexibility index (Phi) is 6.34. The van der Waals surface area contributed by atoms with Crippen LogP contribution in [0.15, 0.2) is 83.8 Å². The van der Waals surface area contributed by atoms with Crippen LogP contribution in [-0.4, -0.2) is 20.9 Å². The van der Waals surface area contributed by atoms with Crippen LogP contribution in [0.3, 0.4) is 0 Å². The van der Waals surface area contributed by atoms with E-state index in [1.807, 2.05) is 32.0 Å². The molecule has 5 nitrogen and oxygen atoms in total. The fourth-order valence-electron chi connectivity index (χ4n) is 2.82. The van der Waals surface area contributed by atoms with E-state index in [1.54, 1.807) is 48.5 Å². The number of nitrogens with zero attached hydrogens (tertiary/aromatic N) is 1. The highest BCUT2D eigenvalue weighted by atomic mass is 32.2. The Balaban J connectivity index is 1.96. The van der Waals surface area contributed by atoms with Crippen LogP contribution in [0.4, 0.5) is 5.69 Å². The first-order valence-corrected chi connectivity index (χ1v) is 10.8. The highest BCUT2D eigenvalue weighted by Crippen LogP contribution is 2.25. The number of amides is 1. The molecule has 3 aromatic rings. The molecule has 0 aliphatic heterocycles.